The van der Waals surface area contributed by atoms with Gasteiger partial charge in [0.25, 0.3) is 0 Å². The Labute approximate surface area is 58.9 Å². The first-order chi connectivity index (χ1) is 3.41. The van der Waals surface area contributed by atoms with Crippen LogP contribution in [0.15, 0.2) is 0 Å². The summed E-state index contributed by atoms with van der Waals surface area (Å²) in [6, 6.07) is 0. The van der Waals surface area contributed by atoms with Crippen molar-refractivity contribution in [2.45, 2.75) is 34.6 Å². The third-order valence-electron chi connectivity index (χ3n) is 1.21. The molecule has 1 heteroatoms. The topological polar surface area (TPSA) is 0 Å². The van der Waals surface area contributed by atoms with E-state index in [1.54, 1.807) is 3.98 Å². The predicted octanol–water partition coefficient (Wildman–Crippen LogP) is 2.73. The fourth-order valence-electron chi connectivity index (χ4n) is 0.677. The summed E-state index contributed by atoms with van der Waals surface area (Å²) in [4.78, 5) is 0. The minimum atomic E-state index is -0.102. The molecule has 0 atom stereocenters. The molecule has 0 aliphatic carbocycles. The zero-order valence-electron chi connectivity index (χ0n) is 5.54. The Balaban J connectivity index is 2.45. The first-order valence-corrected chi connectivity index (χ1v) is 10.3. The molecule has 40 valence electrons. The van der Waals surface area contributed by atoms with Crippen LogP contribution < -0.4 is 0 Å². The molecule has 0 saturated carbocycles. The van der Waals surface area contributed by atoms with Crippen LogP contribution in [-0.4, -0.2) is 0 Å². The van der Waals surface area contributed by atoms with Crippen molar-refractivity contribution in [2.75, 3.05) is 0 Å². The first-order valence-electron chi connectivity index (χ1n) is 3.41. The molecule has 0 unspecified atom stereocenters. The predicted molar refractivity (Wildman–Crippen MR) is 30.2 cm³/mol. The number of hydrogen-bond donors (Lipinski definition) is 0. The van der Waals surface area contributed by atoms with E-state index in [1.165, 1.54) is 19.3 Å². The van der Waals surface area contributed by atoms with Crippen LogP contribution in [0.1, 0.15) is 26.2 Å². The van der Waals surface area contributed by atoms with Gasteiger partial charge in [0.1, 0.15) is 0 Å². The zero-order chi connectivity index (χ0) is 5.54. The quantitative estimate of drug-likeness (QED) is 0.481. The zero-order valence-corrected chi connectivity index (χ0v) is 9.57. The van der Waals surface area contributed by atoms with E-state index >= 15 is 0 Å². The number of hydrogen-bond acceptors (Lipinski definition) is 0. The summed E-state index contributed by atoms with van der Waals surface area (Å²) in [6.45, 7) is 2.27. The van der Waals surface area contributed by atoms with E-state index in [0.717, 1.165) is 0 Å². The van der Waals surface area contributed by atoms with Crippen molar-refractivity contribution in [3.63, 3.8) is 0 Å². The summed E-state index contributed by atoms with van der Waals surface area (Å²) >= 11 is -0.102. The average molecular weight is 199 g/mol. The Kier molecular flexibility index (Phi) is 7.83. The van der Waals surface area contributed by atoms with Crippen LogP contribution in [0.25, 0.3) is 0 Å². The van der Waals surface area contributed by atoms with Gasteiger partial charge in [0.15, 0.2) is 0 Å². The Hall–Kier alpha value is 0.922. The van der Waals surface area contributed by atoms with Crippen LogP contribution in [-0.2, 0) is 24.2 Å². The molecule has 0 aliphatic rings. The van der Waals surface area contributed by atoms with E-state index in [4.69, 9.17) is 0 Å². The van der Waals surface area contributed by atoms with Crippen molar-refractivity contribution in [1.82, 2.24) is 0 Å². The Bertz CT molecular complexity index is 23.4. The molecule has 0 bridgehead atoms. The molecule has 7 heavy (non-hydrogen) atoms. The van der Waals surface area contributed by atoms with Crippen LogP contribution >= 0.6 is 0 Å². The minimum absolute atomic E-state index is 0.102. The molecule has 0 spiro atoms. The summed E-state index contributed by atoms with van der Waals surface area (Å²) < 4.78 is 4.09. The van der Waals surface area contributed by atoms with E-state index in [-0.39, 0.29) is 24.2 Å². The standard InChI is InChI=1S/C5H11.CH3.Cd/c1-3-5-4-2;;/h1,3-5H2,2H3;1H3;. The van der Waals surface area contributed by atoms with Crippen molar-refractivity contribution < 1.29 is 24.2 Å². The summed E-state index contributed by atoms with van der Waals surface area (Å²) in [5.74, 6) is 0. The van der Waals surface area contributed by atoms with Gasteiger partial charge >= 0.3 is 58.9 Å². The first kappa shape index (κ1) is 7.92. The third-order valence-corrected chi connectivity index (χ3v) is 4.65. The molecule has 0 fully saturated rings. The van der Waals surface area contributed by atoms with Gasteiger partial charge in [-0.1, -0.05) is 0 Å². The molecule has 0 aromatic carbocycles. The number of rotatable bonds is 4. The van der Waals surface area contributed by atoms with Gasteiger partial charge in [-0.3, -0.25) is 0 Å². The van der Waals surface area contributed by atoms with Crippen molar-refractivity contribution in [3.8, 4) is 0 Å². The summed E-state index contributed by atoms with van der Waals surface area (Å²) in [7, 11) is 0. The molecule has 0 aliphatic heterocycles. The van der Waals surface area contributed by atoms with Gasteiger partial charge in [0, 0.05) is 0 Å². The fourth-order valence-corrected chi connectivity index (χ4v) is 3.11. The summed E-state index contributed by atoms with van der Waals surface area (Å²) in [6.07, 6.45) is 4.40. The van der Waals surface area contributed by atoms with Crippen LogP contribution in [0.2, 0.25) is 8.46 Å². The molecule has 0 heterocycles. The monoisotopic (exact) mass is 200 g/mol. The Morgan fingerprint density at radius 1 is 1.29 bits per heavy atom. The van der Waals surface area contributed by atoms with Gasteiger partial charge in [-0.05, 0) is 0 Å². The Morgan fingerprint density at radius 2 is 2.00 bits per heavy atom. The van der Waals surface area contributed by atoms with Gasteiger partial charge in [-0.2, -0.15) is 0 Å². The second-order valence-corrected chi connectivity index (χ2v) is 6.93. The summed E-state index contributed by atoms with van der Waals surface area (Å²) in [5.41, 5.74) is 0. The van der Waals surface area contributed by atoms with Gasteiger partial charge in [-0.25, -0.2) is 0 Å². The maximum absolute atomic E-state index is 2.46. The molecular formula is C6H14Cd. The van der Waals surface area contributed by atoms with Crippen LogP contribution in [0, 0.1) is 0 Å². The second kappa shape index (κ2) is 6.92. The van der Waals surface area contributed by atoms with Crippen LogP contribution in [0.4, 0.5) is 0 Å². The van der Waals surface area contributed by atoms with Crippen molar-refractivity contribution in [3.05, 3.63) is 0 Å². The molecule has 0 aromatic rings. The fraction of sp³-hybridized carbons (Fsp3) is 1.00. The average Bonchev–Trinajstić information content (AvgIpc) is 1.69. The molecular weight excluding hydrogens is 184 g/mol. The molecule has 0 rings (SSSR count). The normalized spacial score (nSPS) is 8.29. The van der Waals surface area contributed by atoms with Gasteiger partial charge < -0.3 is 0 Å². The molecule has 0 amide bonds. The van der Waals surface area contributed by atoms with Crippen LogP contribution in [0.3, 0.4) is 0 Å². The summed E-state index contributed by atoms with van der Waals surface area (Å²) in [5, 5.41) is 0. The molecule has 0 aromatic heterocycles. The molecule has 0 saturated heterocycles. The van der Waals surface area contributed by atoms with Gasteiger partial charge in [0.05, 0.1) is 0 Å². The van der Waals surface area contributed by atoms with E-state index in [0.29, 0.717) is 0 Å². The van der Waals surface area contributed by atoms with E-state index in [1.807, 2.05) is 0 Å². The van der Waals surface area contributed by atoms with Gasteiger partial charge in [0.2, 0.25) is 0 Å². The second-order valence-electron chi connectivity index (χ2n) is 2.06. The van der Waals surface area contributed by atoms with Gasteiger partial charge in [-0.15, -0.1) is 0 Å². The SMILES string of the molecule is CCCC[CH2][Cd][CH3]. The molecule has 0 radical (unpaired) electrons. The van der Waals surface area contributed by atoms with E-state index in [2.05, 4.69) is 11.4 Å². The maximum atomic E-state index is 2.46. The van der Waals surface area contributed by atoms with Crippen molar-refractivity contribution >= 4 is 0 Å². The third kappa shape index (κ3) is 6.92. The molecule has 0 N–H and O–H groups in total. The van der Waals surface area contributed by atoms with Crippen molar-refractivity contribution in [1.29, 1.82) is 0 Å². The number of unbranched alkanes of at least 4 members (excludes halogenated alkanes) is 2. The van der Waals surface area contributed by atoms with E-state index in [9.17, 15) is 0 Å². The van der Waals surface area contributed by atoms with Crippen molar-refractivity contribution in [2.24, 2.45) is 0 Å². The Morgan fingerprint density at radius 3 is 2.43 bits per heavy atom. The molecule has 0 nitrogen and oxygen atoms in total. The van der Waals surface area contributed by atoms with E-state index < -0.39 is 0 Å². The van der Waals surface area contributed by atoms with Crippen LogP contribution in [0.5, 0.6) is 0 Å².